The molecule has 0 heterocycles. The first kappa shape index (κ1) is 37.1. The van der Waals surface area contributed by atoms with Crippen molar-refractivity contribution in [1.29, 1.82) is 0 Å². The Hall–Kier alpha value is -7.74. The highest BCUT2D eigenvalue weighted by molar-refractivity contribution is 6.10. The number of rotatable bonds is 7. The minimum Gasteiger partial charge on any atom is -0.310 e. The molecule has 12 rings (SSSR count). The smallest absolute Gasteiger partial charge is 0.0714 e. The molecule has 2 aliphatic carbocycles. The van der Waals surface area contributed by atoms with Gasteiger partial charge in [0.15, 0.2) is 0 Å². The summed E-state index contributed by atoms with van der Waals surface area (Å²) < 4.78 is 0. The molecule has 0 aliphatic heterocycles. The van der Waals surface area contributed by atoms with Gasteiger partial charge in [-0.15, -0.1) is 0 Å². The van der Waals surface area contributed by atoms with Crippen LogP contribution in [-0.4, -0.2) is 0 Å². The van der Waals surface area contributed by atoms with Crippen LogP contribution in [0.2, 0.25) is 0 Å². The number of hydrogen-bond acceptors (Lipinski definition) is 1. The van der Waals surface area contributed by atoms with Gasteiger partial charge in [-0.2, -0.15) is 0 Å². The van der Waals surface area contributed by atoms with Crippen LogP contribution in [0, 0.1) is 0 Å². The van der Waals surface area contributed by atoms with E-state index in [4.69, 9.17) is 0 Å². The van der Waals surface area contributed by atoms with Gasteiger partial charge in [0.25, 0.3) is 0 Å². The van der Waals surface area contributed by atoms with Crippen LogP contribution in [0.4, 0.5) is 17.1 Å². The van der Waals surface area contributed by atoms with Crippen LogP contribution >= 0.6 is 0 Å². The average Bonchev–Trinajstić information content (AvgIpc) is 3.65. The van der Waals surface area contributed by atoms with Gasteiger partial charge < -0.3 is 4.90 Å². The minimum absolute atomic E-state index is 0.333. The van der Waals surface area contributed by atoms with Crippen molar-refractivity contribution in [2.24, 2.45) is 0 Å². The maximum absolute atomic E-state index is 2.54. The summed E-state index contributed by atoms with van der Waals surface area (Å²) in [7, 11) is 0. The van der Waals surface area contributed by atoms with Crippen molar-refractivity contribution in [2.75, 3.05) is 4.90 Å². The van der Waals surface area contributed by atoms with Crippen LogP contribution in [-0.2, 0) is 10.8 Å². The van der Waals surface area contributed by atoms with E-state index in [2.05, 4.69) is 255 Å². The molecule has 0 bridgehead atoms. The summed E-state index contributed by atoms with van der Waals surface area (Å²) in [5, 5.41) is 2.62. The van der Waals surface area contributed by atoms with E-state index in [1.54, 1.807) is 0 Å². The van der Waals surface area contributed by atoms with Crippen molar-refractivity contribution in [3.63, 3.8) is 0 Å². The Morgan fingerprint density at radius 1 is 0.349 bits per heavy atom. The number of fused-ring (bicyclic) bond motifs is 5. The minimum atomic E-state index is -0.526. The second-order valence-electron chi connectivity index (χ2n) is 17.6. The lowest BCUT2D eigenvalue weighted by atomic mass is 9.66. The maximum atomic E-state index is 2.54. The fourth-order valence-corrected chi connectivity index (χ4v) is 11.2. The zero-order valence-electron chi connectivity index (χ0n) is 35.5. The molecule has 0 aromatic heterocycles. The highest BCUT2D eigenvalue weighted by Gasteiger charge is 2.46. The molecule has 0 amide bonds. The average molecular weight is 804 g/mol. The molecule has 298 valence electrons. The summed E-state index contributed by atoms with van der Waals surface area (Å²) in [6.07, 6.45) is 0. The first-order chi connectivity index (χ1) is 31.0. The number of anilines is 3. The first-order valence-electron chi connectivity index (χ1n) is 22.1. The van der Waals surface area contributed by atoms with E-state index in [0.29, 0.717) is 0 Å². The van der Waals surface area contributed by atoms with Crippen LogP contribution in [0.1, 0.15) is 47.2 Å². The highest BCUT2D eigenvalue weighted by atomic mass is 15.1. The van der Waals surface area contributed by atoms with Crippen molar-refractivity contribution < 1.29 is 0 Å². The van der Waals surface area contributed by atoms with E-state index in [0.717, 1.165) is 11.4 Å². The fraction of sp³-hybridized carbons (Fsp3) is 0.0645. The van der Waals surface area contributed by atoms with Crippen molar-refractivity contribution >= 4 is 27.8 Å². The molecule has 0 N–H and O–H groups in total. The Morgan fingerprint density at radius 2 is 0.873 bits per heavy atom. The molecule has 10 aromatic carbocycles. The van der Waals surface area contributed by atoms with Gasteiger partial charge in [-0.05, 0) is 119 Å². The number of hydrogen-bond donors (Lipinski definition) is 0. The predicted molar refractivity (Wildman–Crippen MR) is 264 cm³/mol. The molecule has 0 unspecified atom stereocenters. The standard InChI is InChI=1S/C62H45N/c1-61(2)55-31-17-23-45-35-39-50(44-21-9-4-10-22-44)59(58(45)55)53-29-18-32-57(60(53)61)63(48-36-33-43(34-37-48)42-19-7-3-8-20-42)49-38-40-52-51-28-15-16-30-54(51)62(56(52)41-49,46-24-11-5-12-25-46)47-26-13-6-14-27-47/h3-41H,1-2H3. The third-order valence-electron chi connectivity index (χ3n) is 13.9. The van der Waals surface area contributed by atoms with Gasteiger partial charge >= 0.3 is 0 Å². The third-order valence-corrected chi connectivity index (χ3v) is 13.9. The summed E-state index contributed by atoms with van der Waals surface area (Å²) >= 11 is 0. The lowest BCUT2D eigenvalue weighted by Crippen LogP contribution is -2.29. The van der Waals surface area contributed by atoms with Gasteiger partial charge in [0, 0.05) is 16.8 Å². The molecule has 10 aromatic rings. The van der Waals surface area contributed by atoms with E-state index in [1.807, 2.05) is 0 Å². The summed E-state index contributed by atoms with van der Waals surface area (Å²) in [5.74, 6) is 0. The topological polar surface area (TPSA) is 3.24 Å². The summed E-state index contributed by atoms with van der Waals surface area (Å²) in [6, 6.07) is 87.8. The van der Waals surface area contributed by atoms with E-state index in [1.165, 1.54) is 94.3 Å². The van der Waals surface area contributed by atoms with Crippen LogP contribution in [0.25, 0.3) is 55.3 Å². The van der Waals surface area contributed by atoms with Gasteiger partial charge in [-0.1, -0.05) is 220 Å². The normalized spacial score (nSPS) is 13.8. The summed E-state index contributed by atoms with van der Waals surface area (Å²) in [5.41, 5.74) is 20.4. The molecule has 0 fully saturated rings. The van der Waals surface area contributed by atoms with Crippen LogP contribution < -0.4 is 4.90 Å². The van der Waals surface area contributed by atoms with E-state index >= 15 is 0 Å². The van der Waals surface area contributed by atoms with E-state index in [9.17, 15) is 0 Å². The molecule has 0 saturated heterocycles. The van der Waals surface area contributed by atoms with Crippen molar-refractivity contribution in [1.82, 2.24) is 0 Å². The Morgan fingerprint density at radius 3 is 1.57 bits per heavy atom. The predicted octanol–water partition coefficient (Wildman–Crippen LogP) is 16.3. The Balaban J connectivity index is 1.15. The first-order valence-corrected chi connectivity index (χ1v) is 22.1. The number of benzene rings is 10. The lowest BCUT2D eigenvalue weighted by Gasteiger charge is -2.40. The quantitative estimate of drug-likeness (QED) is 0.155. The maximum Gasteiger partial charge on any atom is 0.0714 e. The third kappa shape index (κ3) is 5.56. The molecular weight excluding hydrogens is 759 g/mol. The second kappa shape index (κ2) is 14.4. The summed E-state index contributed by atoms with van der Waals surface area (Å²) in [6.45, 7) is 4.85. The fourth-order valence-electron chi connectivity index (χ4n) is 11.2. The summed E-state index contributed by atoms with van der Waals surface area (Å²) in [4.78, 5) is 2.54. The molecule has 0 spiro atoms. The molecule has 0 atom stereocenters. The SMILES string of the molecule is CC1(C)c2c(cccc2N(c2ccc(-c3ccccc3)cc2)c2ccc3c(c2)C(c2ccccc2)(c2ccccc2)c2ccccc2-3)-c2c(-c3ccccc3)ccc3cccc1c23. The lowest BCUT2D eigenvalue weighted by molar-refractivity contribution is 0.646. The second-order valence-corrected chi connectivity index (χ2v) is 17.6. The van der Waals surface area contributed by atoms with Gasteiger partial charge in [-0.3, -0.25) is 0 Å². The zero-order valence-corrected chi connectivity index (χ0v) is 35.5. The van der Waals surface area contributed by atoms with Gasteiger partial charge in [0.2, 0.25) is 0 Å². The number of nitrogens with zero attached hydrogens (tertiary/aromatic N) is 1. The van der Waals surface area contributed by atoms with E-state index in [-0.39, 0.29) is 5.41 Å². The van der Waals surface area contributed by atoms with Crippen LogP contribution in [0.3, 0.4) is 0 Å². The Labute approximate surface area is 370 Å². The Bertz CT molecular complexity index is 3290. The molecule has 0 radical (unpaired) electrons. The Kier molecular flexibility index (Phi) is 8.49. The van der Waals surface area contributed by atoms with Crippen molar-refractivity contribution in [2.45, 2.75) is 24.7 Å². The largest absolute Gasteiger partial charge is 0.310 e. The van der Waals surface area contributed by atoms with Gasteiger partial charge in [-0.25, -0.2) is 0 Å². The van der Waals surface area contributed by atoms with Gasteiger partial charge in [0.05, 0.1) is 11.1 Å². The molecule has 63 heavy (non-hydrogen) atoms. The monoisotopic (exact) mass is 803 g/mol. The van der Waals surface area contributed by atoms with E-state index < -0.39 is 5.41 Å². The van der Waals surface area contributed by atoms with Crippen LogP contribution in [0.5, 0.6) is 0 Å². The van der Waals surface area contributed by atoms with Gasteiger partial charge in [0.1, 0.15) is 0 Å². The van der Waals surface area contributed by atoms with Crippen LogP contribution in [0.15, 0.2) is 237 Å². The molecule has 1 heteroatoms. The molecule has 2 aliphatic rings. The molecule has 1 nitrogen and oxygen atoms in total. The molecule has 0 saturated carbocycles. The highest BCUT2D eigenvalue weighted by Crippen LogP contribution is 2.59. The van der Waals surface area contributed by atoms with Crippen molar-refractivity contribution in [3.05, 3.63) is 270 Å². The zero-order chi connectivity index (χ0) is 42.1. The molecular formula is C62H45N. The van der Waals surface area contributed by atoms with Crippen molar-refractivity contribution in [3.8, 4) is 44.5 Å².